The molecule has 11 heavy (non-hydrogen) atoms. The van der Waals surface area contributed by atoms with Crippen LogP contribution in [-0.4, -0.2) is 12.2 Å². The number of hydrogen-bond acceptors (Lipinski definition) is 1. The van der Waals surface area contributed by atoms with Crippen LogP contribution < -0.4 is 0 Å². The molecule has 0 aromatic carbocycles. The first-order valence-electron chi connectivity index (χ1n) is 4.98. The van der Waals surface area contributed by atoms with Gasteiger partial charge in [0.15, 0.2) is 0 Å². The summed E-state index contributed by atoms with van der Waals surface area (Å²) < 4.78 is 5.71. The fourth-order valence-corrected chi connectivity index (χ4v) is 1.72. The van der Waals surface area contributed by atoms with Crippen molar-refractivity contribution in [1.29, 1.82) is 0 Å². The molecule has 1 heterocycles. The van der Waals surface area contributed by atoms with Crippen LogP contribution in [0.15, 0.2) is 0 Å². The van der Waals surface area contributed by atoms with Gasteiger partial charge in [-0.05, 0) is 26.2 Å². The molecule has 0 radical (unpaired) electrons. The van der Waals surface area contributed by atoms with E-state index in [9.17, 15) is 0 Å². The Hall–Kier alpha value is -0.0400. The number of ether oxygens (including phenoxy) is 1. The molecule has 1 aliphatic heterocycles. The monoisotopic (exact) mass is 156 g/mol. The van der Waals surface area contributed by atoms with E-state index in [-0.39, 0.29) is 0 Å². The smallest absolute Gasteiger partial charge is 0.0579 e. The third-order valence-electron chi connectivity index (χ3n) is 2.45. The zero-order valence-electron chi connectivity index (χ0n) is 7.81. The highest BCUT2D eigenvalue weighted by molar-refractivity contribution is 4.69. The lowest BCUT2D eigenvalue weighted by Crippen LogP contribution is -2.07. The van der Waals surface area contributed by atoms with Crippen molar-refractivity contribution in [3.63, 3.8) is 0 Å². The van der Waals surface area contributed by atoms with Crippen molar-refractivity contribution in [2.75, 3.05) is 0 Å². The quantitative estimate of drug-likeness (QED) is 0.568. The van der Waals surface area contributed by atoms with Crippen LogP contribution in [0.3, 0.4) is 0 Å². The molecule has 0 aliphatic carbocycles. The second kappa shape index (κ2) is 4.76. The van der Waals surface area contributed by atoms with Gasteiger partial charge in [-0.3, -0.25) is 0 Å². The minimum absolute atomic E-state index is 0.529. The van der Waals surface area contributed by atoms with E-state index >= 15 is 0 Å². The molecule has 0 bridgehead atoms. The Morgan fingerprint density at radius 1 is 1.27 bits per heavy atom. The van der Waals surface area contributed by atoms with Crippen molar-refractivity contribution in [2.24, 2.45) is 0 Å². The van der Waals surface area contributed by atoms with E-state index in [4.69, 9.17) is 4.74 Å². The van der Waals surface area contributed by atoms with Gasteiger partial charge in [0.2, 0.25) is 0 Å². The van der Waals surface area contributed by atoms with Crippen LogP contribution in [0.4, 0.5) is 0 Å². The van der Waals surface area contributed by atoms with Gasteiger partial charge in [-0.25, -0.2) is 0 Å². The third kappa shape index (κ3) is 3.24. The summed E-state index contributed by atoms with van der Waals surface area (Å²) in [7, 11) is 0. The predicted octanol–water partition coefficient (Wildman–Crippen LogP) is 3.13. The molecule has 1 heteroatoms. The van der Waals surface area contributed by atoms with Crippen LogP contribution in [0.2, 0.25) is 0 Å². The highest BCUT2D eigenvalue weighted by Gasteiger charge is 2.20. The minimum Gasteiger partial charge on any atom is -0.375 e. The second-order valence-corrected chi connectivity index (χ2v) is 3.64. The summed E-state index contributed by atoms with van der Waals surface area (Å²) in [5.74, 6) is 0. The van der Waals surface area contributed by atoms with Crippen molar-refractivity contribution >= 4 is 0 Å². The highest BCUT2D eigenvalue weighted by atomic mass is 16.5. The maximum Gasteiger partial charge on any atom is 0.0579 e. The maximum absolute atomic E-state index is 5.71. The number of hydrogen-bond donors (Lipinski definition) is 0. The number of rotatable bonds is 4. The Morgan fingerprint density at radius 3 is 2.64 bits per heavy atom. The summed E-state index contributed by atoms with van der Waals surface area (Å²) in [6, 6.07) is 0. The van der Waals surface area contributed by atoms with E-state index in [0.29, 0.717) is 12.2 Å². The molecule has 1 rings (SSSR count). The fourth-order valence-electron chi connectivity index (χ4n) is 1.72. The van der Waals surface area contributed by atoms with E-state index in [0.717, 1.165) is 0 Å². The van der Waals surface area contributed by atoms with Gasteiger partial charge >= 0.3 is 0 Å². The number of unbranched alkanes of at least 4 members (excludes halogenated alkanes) is 2. The van der Waals surface area contributed by atoms with E-state index in [1.807, 2.05) is 0 Å². The molecule has 0 amide bonds. The molecule has 0 N–H and O–H groups in total. The van der Waals surface area contributed by atoms with Gasteiger partial charge in [-0.1, -0.05) is 26.2 Å². The average Bonchev–Trinajstić information content (AvgIpc) is 2.37. The molecule has 66 valence electrons. The zero-order valence-corrected chi connectivity index (χ0v) is 7.81. The molecule has 0 spiro atoms. The van der Waals surface area contributed by atoms with E-state index in [1.54, 1.807) is 0 Å². The molecule has 2 atom stereocenters. The van der Waals surface area contributed by atoms with Gasteiger partial charge in [0.1, 0.15) is 0 Å². The van der Waals surface area contributed by atoms with Gasteiger partial charge in [0.25, 0.3) is 0 Å². The summed E-state index contributed by atoms with van der Waals surface area (Å²) in [4.78, 5) is 0. The first-order valence-corrected chi connectivity index (χ1v) is 4.98. The Morgan fingerprint density at radius 2 is 2.09 bits per heavy atom. The second-order valence-electron chi connectivity index (χ2n) is 3.64. The first-order chi connectivity index (χ1) is 5.33. The molecule has 0 aromatic rings. The van der Waals surface area contributed by atoms with E-state index in [2.05, 4.69) is 13.8 Å². The summed E-state index contributed by atoms with van der Waals surface area (Å²) >= 11 is 0. The Bertz CT molecular complexity index is 101. The average molecular weight is 156 g/mol. The van der Waals surface area contributed by atoms with E-state index < -0.39 is 0 Å². The SMILES string of the molecule is CCCCCC1CCC(C)O1. The van der Waals surface area contributed by atoms with Crippen molar-refractivity contribution < 1.29 is 4.74 Å². The van der Waals surface area contributed by atoms with Crippen LogP contribution in [0.5, 0.6) is 0 Å². The third-order valence-corrected chi connectivity index (χ3v) is 2.45. The highest BCUT2D eigenvalue weighted by Crippen LogP contribution is 2.23. The van der Waals surface area contributed by atoms with Gasteiger partial charge in [0, 0.05) is 0 Å². The molecule has 0 aromatic heterocycles. The molecule has 1 aliphatic rings. The van der Waals surface area contributed by atoms with Crippen molar-refractivity contribution in [2.45, 2.75) is 64.6 Å². The maximum atomic E-state index is 5.71. The molecule has 2 unspecified atom stereocenters. The normalized spacial score (nSPS) is 31.1. The largest absolute Gasteiger partial charge is 0.375 e. The van der Waals surface area contributed by atoms with Gasteiger partial charge < -0.3 is 4.74 Å². The summed E-state index contributed by atoms with van der Waals surface area (Å²) in [6.07, 6.45) is 9.03. The van der Waals surface area contributed by atoms with E-state index in [1.165, 1.54) is 38.5 Å². The summed E-state index contributed by atoms with van der Waals surface area (Å²) in [5.41, 5.74) is 0. The van der Waals surface area contributed by atoms with Crippen LogP contribution in [0.25, 0.3) is 0 Å². The van der Waals surface area contributed by atoms with Crippen LogP contribution in [0, 0.1) is 0 Å². The Balaban J connectivity index is 1.99. The van der Waals surface area contributed by atoms with Crippen LogP contribution >= 0.6 is 0 Å². The van der Waals surface area contributed by atoms with Crippen molar-refractivity contribution in [3.05, 3.63) is 0 Å². The minimum atomic E-state index is 0.529. The van der Waals surface area contributed by atoms with Gasteiger partial charge in [-0.15, -0.1) is 0 Å². The summed E-state index contributed by atoms with van der Waals surface area (Å²) in [5, 5.41) is 0. The van der Waals surface area contributed by atoms with Gasteiger partial charge in [0.05, 0.1) is 12.2 Å². The lowest BCUT2D eigenvalue weighted by molar-refractivity contribution is 0.0495. The van der Waals surface area contributed by atoms with Crippen molar-refractivity contribution in [1.82, 2.24) is 0 Å². The Kier molecular flexibility index (Phi) is 3.92. The fraction of sp³-hybridized carbons (Fsp3) is 1.00. The molecular weight excluding hydrogens is 136 g/mol. The molecule has 1 saturated heterocycles. The van der Waals surface area contributed by atoms with Crippen LogP contribution in [0.1, 0.15) is 52.4 Å². The zero-order chi connectivity index (χ0) is 8.10. The Labute approximate surface area is 70.1 Å². The lowest BCUT2D eigenvalue weighted by atomic mass is 10.1. The predicted molar refractivity (Wildman–Crippen MR) is 47.7 cm³/mol. The first kappa shape index (κ1) is 9.05. The topological polar surface area (TPSA) is 9.23 Å². The molecule has 0 saturated carbocycles. The van der Waals surface area contributed by atoms with Crippen molar-refractivity contribution in [3.8, 4) is 0 Å². The van der Waals surface area contributed by atoms with Crippen LogP contribution in [-0.2, 0) is 4.74 Å². The summed E-state index contributed by atoms with van der Waals surface area (Å²) in [6.45, 7) is 4.43. The molecule has 1 fully saturated rings. The molecular formula is C10H20O. The molecule has 1 nitrogen and oxygen atoms in total. The standard InChI is InChI=1S/C10H20O/c1-3-4-5-6-10-8-7-9(2)11-10/h9-10H,3-8H2,1-2H3. The van der Waals surface area contributed by atoms with Gasteiger partial charge in [-0.2, -0.15) is 0 Å². The lowest BCUT2D eigenvalue weighted by Gasteiger charge is -2.09.